The molecule has 0 saturated carbocycles. The zero-order valence-corrected chi connectivity index (χ0v) is 41.0. The van der Waals surface area contributed by atoms with Crippen LogP contribution < -0.4 is 20.2 Å². The van der Waals surface area contributed by atoms with E-state index in [4.69, 9.17) is 0 Å². The summed E-state index contributed by atoms with van der Waals surface area (Å²) >= 11 is 0. The van der Waals surface area contributed by atoms with Crippen LogP contribution in [-0.2, 0) is 16.2 Å². The maximum atomic E-state index is 2.54. The Morgan fingerprint density at radius 2 is 0.841 bits per heavy atom. The second-order valence-electron chi connectivity index (χ2n) is 21.3. The summed E-state index contributed by atoms with van der Waals surface area (Å²) < 4.78 is 0. The molecule has 2 heteroatoms. The molecule has 0 radical (unpaired) electrons. The van der Waals surface area contributed by atoms with Gasteiger partial charge in [0, 0.05) is 39.5 Å². The van der Waals surface area contributed by atoms with Crippen LogP contribution in [0.5, 0.6) is 0 Å². The normalized spacial score (nSPS) is 14.8. The van der Waals surface area contributed by atoms with E-state index < -0.39 is 0 Å². The van der Waals surface area contributed by atoms with Crippen molar-refractivity contribution in [1.29, 1.82) is 0 Å². The predicted octanol–water partition coefficient (Wildman–Crippen LogP) is 17.3. The lowest BCUT2D eigenvalue weighted by Crippen LogP contribution is -2.35. The van der Waals surface area contributed by atoms with Gasteiger partial charge >= 0.3 is 0 Å². The molecule has 0 aliphatic heterocycles. The van der Waals surface area contributed by atoms with Gasteiger partial charge < -0.3 is 9.80 Å². The van der Waals surface area contributed by atoms with Crippen LogP contribution in [0.25, 0.3) is 55.6 Å². The van der Waals surface area contributed by atoms with Gasteiger partial charge in [0.05, 0.1) is 0 Å². The molecule has 0 heterocycles. The smallest absolute Gasteiger partial charge is 0.0468 e. The molecule has 0 saturated heterocycles. The van der Waals surface area contributed by atoms with Crippen LogP contribution in [0.15, 0.2) is 212 Å². The first-order chi connectivity index (χ1) is 33.3. The molecule has 0 amide bonds. The standard InChI is InChI=1S/C67H60N2/c1-65(2,3)51-28-32-55(33-29-51)68(53-22-10-8-11-23-53)57-37-39-60-61(43-57)63(49-27-26-46-18-14-16-20-48(46)42-49)59-38-36-58(44-62(59)64(60)67(7)41-40-47-19-15-17-21-50(47)45-67)69(54-24-12-9-13-25-54)56-34-30-52(31-35-56)66(4,5)6/h8-40,42-45H,41H2,1-7H3. The van der Waals surface area contributed by atoms with E-state index in [2.05, 4.69) is 283 Å². The quantitative estimate of drug-likeness (QED) is 0.140. The Labute approximate surface area is 408 Å². The van der Waals surface area contributed by atoms with E-state index in [9.17, 15) is 0 Å². The van der Waals surface area contributed by atoms with Gasteiger partial charge in [0.25, 0.3) is 0 Å². The van der Waals surface area contributed by atoms with Crippen molar-refractivity contribution in [3.05, 3.63) is 239 Å². The maximum absolute atomic E-state index is 2.54. The summed E-state index contributed by atoms with van der Waals surface area (Å²) in [6.07, 6.45) is 5.87. The van der Waals surface area contributed by atoms with E-state index in [1.165, 1.54) is 70.6 Å². The third-order valence-corrected chi connectivity index (χ3v) is 14.4. The number of para-hydroxylation sites is 2. The molecule has 1 unspecified atom stereocenters. The van der Waals surface area contributed by atoms with Gasteiger partial charge in [-0.2, -0.15) is 0 Å². The van der Waals surface area contributed by atoms with Crippen molar-refractivity contribution >= 4 is 78.6 Å². The predicted molar refractivity (Wildman–Crippen MR) is 298 cm³/mol. The van der Waals surface area contributed by atoms with Crippen molar-refractivity contribution in [2.45, 2.75) is 71.1 Å². The molecule has 0 spiro atoms. The highest BCUT2D eigenvalue weighted by Crippen LogP contribution is 2.50. The zero-order chi connectivity index (χ0) is 47.5. The molecule has 0 N–H and O–H groups in total. The highest BCUT2D eigenvalue weighted by molar-refractivity contribution is 6.18. The lowest BCUT2D eigenvalue weighted by Gasteiger charge is -2.33. The van der Waals surface area contributed by atoms with E-state index in [0.717, 1.165) is 40.5 Å². The Bertz CT molecular complexity index is 3650. The second-order valence-corrected chi connectivity index (χ2v) is 21.3. The zero-order valence-electron chi connectivity index (χ0n) is 41.0. The lowest BCUT2D eigenvalue weighted by atomic mass is 9.71. The van der Waals surface area contributed by atoms with E-state index in [-0.39, 0.29) is 16.2 Å². The molecular formula is C67H60N2. The highest BCUT2D eigenvalue weighted by Gasteiger charge is 2.32. The summed E-state index contributed by atoms with van der Waals surface area (Å²) in [7, 11) is 0. The Hall–Kier alpha value is -7.68. The van der Waals surface area contributed by atoms with Gasteiger partial charge in [-0.3, -0.25) is 0 Å². The molecule has 0 aromatic heterocycles. The average molecular weight is 893 g/mol. The minimum absolute atomic E-state index is 0.0460. The lowest BCUT2D eigenvalue weighted by molar-refractivity contribution is 0.590. The molecular weight excluding hydrogens is 833 g/mol. The fourth-order valence-corrected chi connectivity index (χ4v) is 10.7. The van der Waals surface area contributed by atoms with E-state index in [1.807, 2.05) is 0 Å². The van der Waals surface area contributed by atoms with Crippen molar-refractivity contribution in [3.8, 4) is 11.1 Å². The summed E-state index contributed by atoms with van der Waals surface area (Å²) in [5.74, 6) is 0. The molecule has 1 aliphatic carbocycles. The van der Waals surface area contributed by atoms with Crippen molar-refractivity contribution < 1.29 is 0 Å². The molecule has 0 fully saturated rings. The summed E-state index contributed by atoms with van der Waals surface area (Å²) in [5.41, 5.74) is 12.9. The van der Waals surface area contributed by atoms with Gasteiger partial charge in [0.15, 0.2) is 0 Å². The van der Waals surface area contributed by atoms with Crippen LogP contribution in [0.3, 0.4) is 0 Å². The monoisotopic (exact) mass is 892 g/mol. The van der Waals surface area contributed by atoms with Crippen molar-refractivity contribution in [2.24, 2.45) is 0 Å². The van der Waals surface area contributed by atoms with Gasteiger partial charge in [0.2, 0.25) is 0 Å². The van der Waals surface area contributed by atoms with Crippen LogP contribution in [-0.4, -0.2) is 0 Å². The summed E-state index contributed by atoms with van der Waals surface area (Å²) in [6, 6.07) is 79.1. The van der Waals surface area contributed by atoms with E-state index >= 15 is 0 Å². The fraction of sp³-hybridized carbons (Fsp3) is 0.164. The van der Waals surface area contributed by atoms with Crippen LogP contribution in [0.1, 0.15) is 71.6 Å². The summed E-state index contributed by atoms with van der Waals surface area (Å²) in [6.45, 7) is 16.1. The Balaban J connectivity index is 1.24. The number of fused-ring (bicyclic) bond motifs is 4. The molecule has 11 rings (SSSR count). The van der Waals surface area contributed by atoms with Gasteiger partial charge in [-0.25, -0.2) is 0 Å². The molecule has 10 aromatic rings. The topological polar surface area (TPSA) is 6.48 Å². The third-order valence-electron chi connectivity index (χ3n) is 14.4. The first-order valence-corrected chi connectivity index (χ1v) is 24.6. The Morgan fingerprint density at radius 1 is 0.377 bits per heavy atom. The third kappa shape index (κ3) is 8.19. The maximum Gasteiger partial charge on any atom is 0.0468 e. The Morgan fingerprint density at radius 3 is 1.41 bits per heavy atom. The number of rotatable bonds is 8. The number of benzene rings is 10. The minimum Gasteiger partial charge on any atom is -0.310 e. The molecule has 1 atom stereocenters. The van der Waals surface area contributed by atoms with Crippen molar-refractivity contribution in [2.75, 3.05) is 9.80 Å². The molecule has 69 heavy (non-hydrogen) atoms. The number of hydrogen-bond donors (Lipinski definition) is 0. The summed E-state index contributed by atoms with van der Waals surface area (Å²) in [4.78, 5) is 4.85. The summed E-state index contributed by atoms with van der Waals surface area (Å²) in [5, 5.41) is 10.0. The second kappa shape index (κ2) is 17.1. The van der Waals surface area contributed by atoms with Gasteiger partial charge in [-0.05, 0) is 167 Å². The fourth-order valence-electron chi connectivity index (χ4n) is 10.7. The molecule has 2 nitrogen and oxygen atoms in total. The first kappa shape index (κ1) is 43.9. The molecule has 1 aliphatic rings. The van der Waals surface area contributed by atoms with Crippen LogP contribution >= 0.6 is 0 Å². The number of hydrogen-bond acceptors (Lipinski definition) is 2. The van der Waals surface area contributed by atoms with E-state index in [1.54, 1.807) is 0 Å². The SMILES string of the molecule is CC(C)(C)c1ccc(N(c2ccccc2)c2ccc3c(C4(C)C=c5ccccc5=CC4)c4cc(N(c5ccccc5)c5ccc(C(C)(C)C)cc5)ccc4c(-c4ccc5ccccc5c4)c3c2)cc1. The van der Waals surface area contributed by atoms with Gasteiger partial charge in [0.1, 0.15) is 0 Å². The number of nitrogens with zero attached hydrogens (tertiary/aromatic N) is 2. The largest absolute Gasteiger partial charge is 0.310 e. The first-order valence-electron chi connectivity index (χ1n) is 24.6. The van der Waals surface area contributed by atoms with Crippen LogP contribution in [0.4, 0.5) is 34.1 Å². The highest BCUT2D eigenvalue weighted by atomic mass is 15.1. The average Bonchev–Trinajstić information content (AvgIpc) is 3.36. The molecule has 338 valence electrons. The van der Waals surface area contributed by atoms with Gasteiger partial charge in [-0.1, -0.05) is 194 Å². The van der Waals surface area contributed by atoms with Gasteiger partial charge in [-0.15, -0.1) is 0 Å². The number of anilines is 6. The van der Waals surface area contributed by atoms with Crippen molar-refractivity contribution in [1.82, 2.24) is 0 Å². The van der Waals surface area contributed by atoms with E-state index in [0.29, 0.717) is 0 Å². The minimum atomic E-state index is -0.333. The van der Waals surface area contributed by atoms with Crippen LogP contribution in [0.2, 0.25) is 0 Å². The van der Waals surface area contributed by atoms with Crippen LogP contribution in [0, 0.1) is 0 Å². The molecule has 0 bridgehead atoms. The molecule has 10 aromatic carbocycles. The van der Waals surface area contributed by atoms with Crippen molar-refractivity contribution in [3.63, 3.8) is 0 Å². The Kier molecular flexibility index (Phi) is 10.9.